The molecule has 0 saturated heterocycles. The summed E-state index contributed by atoms with van der Waals surface area (Å²) in [5, 5.41) is 18.0. The van der Waals surface area contributed by atoms with E-state index in [0.717, 1.165) is 79.4 Å². The lowest BCUT2D eigenvalue weighted by Crippen LogP contribution is -2.39. The van der Waals surface area contributed by atoms with Gasteiger partial charge in [0.2, 0.25) is 0 Å². The van der Waals surface area contributed by atoms with Crippen LogP contribution in [0.15, 0.2) is 71.1 Å². The Morgan fingerprint density at radius 2 is 1.59 bits per heavy atom. The van der Waals surface area contributed by atoms with Crippen molar-refractivity contribution in [3.05, 3.63) is 93.1 Å². The van der Waals surface area contributed by atoms with Gasteiger partial charge in [0.1, 0.15) is 12.4 Å². The molecular weight excluding hydrogens is 781 g/mol. The van der Waals surface area contributed by atoms with Crippen LogP contribution in [0.25, 0.3) is 17.1 Å². The fourth-order valence-electron chi connectivity index (χ4n) is 8.73. The van der Waals surface area contributed by atoms with Crippen molar-refractivity contribution >= 4 is 52.0 Å². The first-order valence-electron chi connectivity index (χ1n) is 21.1. The van der Waals surface area contributed by atoms with Crippen molar-refractivity contribution in [2.75, 3.05) is 36.1 Å². The summed E-state index contributed by atoms with van der Waals surface area (Å²) in [7, 11) is 0. The summed E-state index contributed by atoms with van der Waals surface area (Å²) in [6.07, 6.45) is 12.4. The number of aromatic nitrogens is 2. The molecule has 2 aromatic carbocycles. The highest BCUT2D eigenvalue weighted by Crippen LogP contribution is 2.48. The number of benzene rings is 2. The lowest BCUT2D eigenvalue weighted by Gasteiger charge is -2.30. The molecular formula is C46H57ClF3N4O5+. The second kappa shape index (κ2) is 19.7. The molecule has 59 heavy (non-hydrogen) atoms. The number of halogens is 4. The van der Waals surface area contributed by atoms with Crippen molar-refractivity contribution in [3.8, 4) is 0 Å². The number of hydrogen-bond donors (Lipinski definition) is 2. The van der Waals surface area contributed by atoms with Gasteiger partial charge in [0.15, 0.2) is 11.0 Å². The minimum Gasteiger partial charge on any atom is -0.481 e. The number of aliphatic carboxylic acids is 2. The van der Waals surface area contributed by atoms with Crippen LogP contribution in [0.1, 0.15) is 108 Å². The van der Waals surface area contributed by atoms with Gasteiger partial charge in [-0.15, -0.1) is 0 Å². The van der Waals surface area contributed by atoms with Crippen LogP contribution in [-0.4, -0.2) is 53.0 Å². The molecule has 0 bridgehead atoms. The van der Waals surface area contributed by atoms with E-state index >= 15 is 0 Å². The second-order valence-corrected chi connectivity index (χ2v) is 16.2. The maximum atomic E-state index is 14.1. The number of unbranched alkanes of at least 4 members (excludes halogenated alkanes) is 4. The largest absolute Gasteiger partial charge is 0.481 e. The molecule has 1 atom stereocenters. The number of allylic oxidation sites excluding steroid dienone is 6. The van der Waals surface area contributed by atoms with Gasteiger partial charge < -0.3 is 24.7 Å². The SMILES string of the molecule is CCOCC[n+]1c(C=C2C=C3C=C(/C=C4\N(CC)c5cc(Cl)c(C(F)(F)F)cc5N4CCCCCC(=O)O)CCC3CC2)n(CCCCCC(=O)O)c2cc(C)ccc21. The standard InChI is InChI=1S/C46H56ClF3N4O5/c1-4-51-41-30-37(47)36(46(48,49)50)29-40(41)53(21-11-7-9-13-45(57)58)42(51)27-32-15-17-34-18-16-33(26-35(34)25-32)28-43-52(20-10-6-8-12-44(55)56)39-24-31(3)14-19-38(39)54(43)22-23-59-5-2/h14,19,24-30,34H,4-13,15-18,20-23H2,1-3H3,(H-,55,56,57,58)/p+1. The van der Waals surface area contributed by atoms with Gasteiger partial charge >= 0.3 is 18.1 Å². The van der Waals surface area contributed by atoms with Gasteiger partial charge in [0.25, 0.3) is 5.82 Å². The lowest BCUT2D eigenvalue weighted by atomic mass is 9.77. The number of carboxylic acids is 2. The van der Waals surface area contributed by atoms with E-state index in [1.165, 1.54) is 22.8 Å². The molecule has 2 N–H and O–H groups in total. The highest BCUT2D eigenvalue weighted by atomic mass is 35.5. The third-order valence-corrected chi connectivity index (χ3v) is 12.0. The molecule has 0 saturated carbocycles. The van der Waals surface area contributed by atoms with Gasteiger partial charge in [0, 0.05) is 38.6 Å². The first-order chi connectivity index (χ1) is 28.3. The molecule has 2 heterocycles. The molecule has 0 amide bonds. The first kappa shape index (κ1) is 44.0. The normalized spacial score (nSPS) is 18.1. The molecule has 0 radical (unpaired) electrons. The minimum atomic E-state index is -4.61. The molecule has 3 aromatic rings. The zero-order chi connectivity index (χ0) is 42.3. The molecule has 1 unspecified atom stereocenters. The monoisotopic (exact) mass is 837 g/mol. The number of fused-ring (bicyclic) bond motifs is 3. The number of alkyl halides is 3. The van der Waals surface area contributed by atoms with Crippen molar-refractivity contribution in [3.63, 3.8) is 0 Å². The Balaban J connectivity index is 1.36. The quantitative estimate of drug-likeness (QED) is 0.0916. The van der Waals surface area contributed by atoms with E-state index in [1.807, 2.05) is 23.6 Å². The van der Waals surface area contributed by atoms with Crippen LogP contribution in [0.5, 0.6) is 0 Å². The van der Waals surface area contributed by atoms with Crippen molar-refractivity contribution < 1.29 is 42.3 Å². The topological polar surface area (TPSA) is 99.1 Å². The number of carbonyl (C=O) groups is 2. The van der Waals surface area contributed by atoms with Crippen LogP contribution in [0.4, 0.5) is 24.5 Å². The highest BCUT2D eigenvalue weighted by Gasteiger charge is 2.39. The number of nitrogens with zero attached hydrogens (tertiary/aromatic N) is 4. The average molecular weight is 838 g/mol. The summed E-state index contributed by atoms with van der Waals surface area (Å²) in [6, 6.07) is 9.11. The van der Waals surface area contributed by atoms with Crippen molar-refractivity contribution in [1.29, 1.82) is 0 Å². The van der Waals surface area contributed by atoms with Crippen LogP contribution >= 0.6 is 11.6 Å². The Hall–Kier alpha value is -4.55. The van der Waals surface area contributed by atoms with Gasteiger partial charge in [-0.2, -0.15) is 13.2 Å². The van der Waals surface area contributed by atoms with E-state index in [9.17, 15) is 27.9 Å². The number of ether oxygens (including phenoxy) is 1. The summed E-state index contributed by atoms with van der Waals surface area (Å²) >= 11 is 6.26. The Morgan fingerprint density at radius 3 is 2.27 bits per heavy atom. The maximum absolute atomic E-state index is 14.1. The van der Waals surface area contributed by atoms with Crippen LogP contribution in [0.2, 0.25) is 5.02 Å². The van der Waals surface area contributed by atoms with E-state index in [0.29, 0.717) is 75.8 Å². The third kappa shape index (κ3) is 10.6. The predicted molar refractivity (Wildman–Crippen MR) is 227 cm³/mol. The summed E-state index contributed by atoms with van der Waals surface area (Å²) in [4.78, 5) is 26.3. The van der Waals surface area contributed by atoms with Crippen LogP contribution in [-0.2, 0) is 33.6 Å². The summed E-state index contributed by atoms with van der Waals surface area (Å²) in [6.45, 7) is 9.70. The number of hydrogen-bond acceptors (Lipinski definition) is 5. The third-order valence-electron chi connectivity index (χ3n) is 11.7. The summed E-state index contributed by atoms with van der Waals surface area (Å²) in [5.41, 5.74) is 7.23. The van der Waals surface area contributed by atoms with Crippen molar-refractivity contribution in [2.45, 2.75) is 117 Å². The zero-order valence-electron chi connectivity index (χ0n) is 34.4. The number of carboxylic acid groups (broad SMARTS) is 2. The molecule has 1 aliphatic heterocycles. The van der Waals surface area contributed by atoms with Gasteiger partial charge in [0.05, 0.1) is 35.1 Å². The number of aryl methyl sites for hydroxylation is 2. The molecule has 0 spiro atoms. The lowest BCUT2D eigenvalue weighted by molar-refractivity contribution is -0.675. The highest BCUT2D eigenvalue weighted by molar-refractivity contribution is 6.32. The van der Waals surface area contributed by atoms with Gasteiger partial charge in [-0.1, -0.05) is 36.2 Å². The van der Waals surface area contributed by atoms with Crippen molar-refractivity contribution in [1.82, 2.24) is 4.57 Å². The number of rotatable bonds is 19. The number of anilines is 2. The molecule has 1 aromatic heterocycles. The van der Waals surface area contributed by atoms with Crippen LogP contribution < -0.4 is 14.4 Å². The Labute approximate surface area is 350 Å². The average Bonchev–Trinajstić information content (AvgIpc) is 3.62. The smallest absolute Gasteiger partial charge is 0.417 e. The Bertz CT molecular complexity index is 2150. The van der Waals surface area contributed by atoms with E-state index in [2.05, 4.69) is 58.6 Å². The molecule has 6 rings (SSSR count). The van der Waals surface area contributed by atoms with Gasteiger partial charge in [-0.05, 0) is 137 Å². The molecule has 3 aliphatic rings. The van der Waals surface area contributed by atoms with Crippen LogP contribution in [0, 0.1) is 12.8 Å². The summed E-state index contributed by atoms with van der Waals surface area (Å²) < 4.78 is 52.9. The van der Waals surface area contributed by atoms with E-state index < -0.39 is 23.7 Å². The Kier molecular flexibility index (Phi) is 14.7. The molecule has 318 valence electrons. The van der Waals surface area contributed by atoms with Crippen LogP contribution in [0.3, 0.4) is 0 Å². The predicted octanol–water partition coefficient (Wildman–Crippen LogP) is 10.9. The van der Waals surface area contributed by atoms with Gasteiger partial charge in [-0.25, -0.2) is 9.13 Å². The molecule has 2 aliphatic carbocycles. The van der Waals surface area contributed by atoms with Crippen molar-refractivity contribution in [2.24, 2.45) is 5.92 Å². The maximum Gasteiger partial charge on any atom is 0.417 e. The van der Waals surface area contributed by atoms with E-state index in [-0.39, 0.29) is 17.9 Å². The molecule has 13 heteroatoms. The Morgan fingerprint density at radius 1 is 0.898 bits per heavy atom. The first-order valence-corrected chi connectivity index (χ1v) is 21.5. The molecule has 9 nitrogen and oxygen atoms in total. The zero-order valence-corrected chi connectivity index (χ0v) is 35.2. The van der Waals surface area contributed by atoms with Gasteiger partial charge in [-0.3, -0.25) is 9.59 Å². The second-order valence-electron chi connectivity index (χ2n) is 15.8. The van der Waals surface area contributed by atoms with E-state index in [4.69, 9.17) is 21.4 Å². The number of imidazole rings is 1. The molecule has 0 fully saturated rings. The fourth-order valence-corrected chi connectivity index (χ4v) is 8.99. The summed E-state index contributed by atoms with van der Waals surface area (Å²) in [5.74, 6) is 0.664. The fraction of sp³-hybridized carbons (Fsp3) is 0.500. The van der Waals surface area contributed by atoms with E-state index in [1.54, 1.807) is 0 Å². The minimum absolute atomic E-state index is 0.0532.